The number of nitrogens with one attached hydrogen (secondary N) is 1. The maximum Gasteiger partial charge on any atom is 0.295 e. The van der Waals surface area contributed by atoms with Crippen LogP contribution in [0, 0.1) is 28.7 Å². The van der Waals surface area contributed by atoms with E-state index < -0.39 is 22.5 Å². The van der Waals surface area contributed by atoms with Gasteiger partial charge >= 0.3 is 0 Å². The van der Waals surface area contributed by atoms with E-state index in [4.69, 9.17) is 0 Å². The van der Waals surface area contributed by atoms with Gasteiger partial charge in [-0.3, -0.25) is 14.9 Å². The maximum atomic E-state index is 13.8. The van der Waals surface area contributed by atoms with Crippen molar-refractivity contribution < 1.29 is 18.5 Å². The molecular weight excluding hydrogens is 348 g/mol. The summed E-state index contributed by atoms with van der Waals surface area (Å²) >= 11 is 0. The van der Waals surface area contributed by atoms with E-state index >= 15 is 0 Å². The number of aryl methyl sites for hydroxylation is 1. The lowest BCUT2D eigenvalue weighted by Gasteiger charge is -2.04. The van der Waals surface area contributed by atoms with E-state index in [0.717, 1.165) is 18.2 Å². The summed E-state index contributed by atoms with van der Waals surface area (Å²) in [7, 11) is 0. The number of benzene rings is 2. The molecule has 1 heterocycles. The average molecular weight is 359 g/mol. The highest BCUT2D eigenvalue weighted by Gasteiger charge is 2.18. The van der Waals surface area contributed by atoms with Gasteiger partial charge in [0.1, 0.15) is 17.5 Å². The predicted octanol–water partition coefficient (Wildman–Crippen LogP) is 3.01. The SMILES string of the molecule is Cc1nc(C(=O)Nc2cc([N+](=O)[O-])ccc2F)nn1-c1ccc(F)cc1. The van der Waals surface area contributed by atoms with Crippen LogP contribution in [-0.4, -0.2) is 25.6 Å². The molecule has 0 bridgehead atoms. The molecule has 0 spiro atoms. The quantitative estimate of drug-likeness (QED) is 0.570. The summed E-state index contributed by atoms with van der Waals surface area (Å²) in [5, 5.41) is 17.0. The van der Waals surface area contributed by atoms with E-state index in [1.54, 1.807) is 6.92 Å². The number of anilines is 1. The number of carbonyl (C=O) groups excluding carboxylic acids is 1. The Hall–Kier alpha value is -3.69. The standard InChI is InChI=1S/C16H11F2N5O3/c1-9-19-15(21-22(9)11-4-2-10(17)3-5-11)16(24)20-14-8-12(23(25)26)6-7-13(14)18/h2-8H,1H3,(H,20,24). The molecule has 10 heteroatoms. The largest absolute Gasteiger partial charge is 0.316 e. The van der Waals surface area contributed by atoms with Crippen molar-refractivity contribution in [3.05, 3.63) is 75.9 Å². The zero-order valence-corrected chi connectivity index (χ0v) is 13.3. The lowest BCUT2D eigenvalue weighted by Crippen LogP contribution is -2.15. The van der Waals surface area contributed by atoms with Crippen molar-refractivity contribution in [1.82, 2.24) is 14.8 Å². The molecular formula is C16H11F2N5O3. The first-order valence-corrected chi connectivity index (χ1v) is 7.30. The van der Waals surface area contributed by atoms with Crippen LogP contribution >= 0.6 is 0 Å². The summed E-state index contributed by atoms with van der Waals surface area (Å²) < 4.78 is 28.1. The fourth-order valence-electron chi connectivity index (χ4n) is 2.21. The van der Waals surface area contributed by atoms with Gasteiger partial charge in [-0.2, -0.15) is 0 Å². The van der Waals surface area contributed by atoms with E-state index in [9.17, 15) is 23.7 Å². The fourth-order valence-corrected chi connectivity index (χ4v) is 2.21. The Bertz CT molecular complexity index is 1000. The van der Waals surface area contributed by atoms with E-state index in [1.807, 2.05) is 0 Å². The molecule has 3 rings (SSSR count). The monoisotopic (exact) mass is 359 g/mol. The minimum absolute atomic E-state index is 0.266. The Kier molecular flexibility index (Phi) is 4.40. The van der Waals surface area contributed by atoms with Crippen LogP contribution in [0.15, 0.2) is 42.5 Å². The molecule has 1 aromatic heterocycles. The fraction of sp³-hybridized carbons (Fsp3) is 0.0625. The molecule has 1 N–H and O–H groups in total. The number of aromatic nitrogens is 3. The molecule has 0 aliphatic heterocycles. The van der Waals surface area contributed by atoms with Gasteiger partial charge in [0.05, 0.1) is 16.3 Å². The summed E-state index contributed by atoms with van der Waals surface area (Å²) in [4.78, 5) is 26.3. The smallest absolute Gasteiger partial charge is 0.295 e. The molecule has 26 heavy (non-hydrogen) atoms. The van der Waals surface area contributed by atoms with Gasteiger partial charge in [0.25, 0.3) is 11.6 Å². The van der Waals surface area contributed by atoms with Crippen LogP contribution in [0.2, 0.25) is 0 Å². The number of carbonyl (C=O) groups is 1. The van der Waals surface area contributed by atoms with Crippen molar-refractivity contribution in [1.29, 1.82) is 0 Å². The van der Waals surface area contributed by atoms with Crippen LogP contribution in [0.3, 0.4) is 0 Å². The third kappa shape index (κ3) is 3.38. The normalized spacial score (nSPS) is 10.6. The average Bonchev–Trinajstić information content (AvgIpc) is 2.99. The van der Waals surface area contributed by atoms with Crippen molar-refractivity contribution in [2.45, 2.75) is 6.92 Å². The second kappa shape index (κ2) is 6.67. The van der Waals surface area contributed by atoms with Crippen LogP contribution in [0.5, 0.6) is 0 Å². The van der Waals surface area contributed by atoms with Crippen LogP contribution in [-0.2, 0) is 0 Å². The maximum absolute atomic E-state index is 13.8. The molecule has 0 radical (unpaired) electrons. The summed E-state index contributed by atoms with van der Waals surface area (Å²) in [5.74, 6) is -2.02. The number of hydrogen-bond acceptors (Lipinski definition) is 5. The highest BCUT2D eigenvalue weighted by atomic mass is 19.1. The number of nitro benzene ring substituents is 1. The molecule has 0 saturated heterocycles. The first-order chi connectivity index (χ1) is 12.3. The molecule has 1 amide bonds. The van der Waals surface area contributed by atoms with Crippen molar-refractivity contribution in [3.63, 3.8) is 0 Å². The van der Waals surface area contributed by atoms with Crippen LogP contribution < -0.4 is 5.32 Å². The number of halogens is 2. The lowest BCUT2D eigenvalue weighted by molar-refractivity contribution is -0.384. The predicted molar refractivity (Wildman–Crippen MR) is 87.1 cm³/mol. The minimum atomic E-state index is -0.839. The van der Waals surface area contributed by atoms with Gasteiger partial charge in [-0.1, -0.05) is 0 Å². The highest BCUT2D eigenvalue weighted by Crippen LogP contribution is 2.21. The van der Waals surface area contributed by atoms with Crippen LogP contribution in [0.4, 0.5) is 20.2 Å². The van der Waals surface area contributed by atoms with E-state index in [0.29, 0.717) is 11.5 Å². The zero-order chi connectivity index (χ0) is 18.8. The Morgan fingerprint density at radius 3 is 2.54 bits per heavy atom. The second-order valence-corrected chi connectivity index (χ2v) is 5.25. The molecule has 0 saturated carbocycles. The minimum Gasteiger partial charge on any atom is -0.316 e. The van der Waals surface area contributed by atoms with E-state index in [-0.39, 0.29) is 17.2 Å². The van der Waals surface area contributed by atoms with Crippen molar-refractivity contribution in [3.8, 4) is 5.69 Å². The molecule has 0 aliphatic carbocycles. The topological polar surface area (TPSA) is 103 Å². The summed E-state index contributed by atoms with van der Waals surface area (Å²) in [6.07, 6.45) is 0. The highest BCUT2D eigenvalue weighted by molar-refractivity contribution is 6.01. The van der Waals surface area contributed by atoms with Crippen LogP contribution in [0.1, 0.15) is 16.4 Å². The second-order valence-electron chi connectivity index (χ2n) is 5.25. The van der Waals surface area contributed by atoms with Gasteiger partial charge in [-0.25, -0.2) is 18.4 Å². The molecule has 0 atom stereocenters. The first kappa shape index (κ1) is 17.1. The molecule has 132 valence electrons. The Morgan fingerprint density at radius 2 is 1.88 bits per heavy atom. The number of nitro groups is 1. The number of amides is 1. The third-order valence-corrected chi connectivity index (χ3v) is 3.45. The van der Waals surface area contributed by atoms with Gasteiger partial charge in [-0.05, 0) is 37.3 Å². The van der Waals surface area contributed by atoms with E-state index in [2.05, 4.69) is 15.4 Å². The summed E-state index contributed by atoms with van der Waals surface area (Å²) in [5.41, 5.74) is -0.250. The lowest BCUT2D eigenvalue weighted by atomic mass is 10.2. The molecule has 8 nitrogen and oxygen atoms in total. The number of rotatable bonds is 4. The molecule has 2 aromatic carbocycles. The molecule has 0 fully saturated rings. The van der Waals surface area contributed by atoms with Crippen molar-refractivity contribution >= 4 is 17.3 Å². The molecule has 3 aromatic rings. The van der Waals surface area contributed by atoms with Crippen molar-refractivity contribution in [2.75, 3.05) is 5.32 Å². The molecule has 0 aliphatic rings. The van der Waals surface area contributed by atoms with E-state index in [1.165, 1.54) is 28.9 Å². The number of nitrogens with zero attached hydrogens (tertiary/aromatic N) is 4. The third-order valence-electron chi connectivity index (χ3n) is 3.45. The van der Waals surface area contributed by atoms with Crippen LogP contribution in [0.25, 0.3) is 5.69 Å². The molecule has 0 unspecified atom stereocenters. The number of hydrogen-bond donors (Lipinski definition) is 1. The first-order valence-electron chi connectivity index (χ1n) is 7.30. The van der Waals surface area contributed by atoms with Gasteiger partial charge < -0.3 is 5.32 Å². The number of non-ortho nitro benzene ring substituents is 1. The van der Waals surface area contributed by atoms with Gasteiger partial charge in [0, 0.05) is 12.1 Å². The Balaban J connectivity index is 1.87. The Morgan fingerprint density at radius 1 is 1.19 bits per heavy atom. The van der Waals surface area contributed by atoms with Gasteiger partial charge in [0.15, 0.2) is 0 Å². The van der Waals surface area contributed by atoms with Gasteiger partial charge in [-0.15, -0.1) is 5.10 Å². The van der Waals surface area contributed by atoms with Gasteiger partial charge in [0.2, 0.25) is 5.82 Å². The summed E-state index contributed by atoms with van der Waals surface area (Å²) in [6.45, 7) is 1.58. The Labute approximate surface area is 145 Å². The van der Waals surface area contributed by atoms with Crippen molar-refractivity contribution in [2.24, 2.45) is 0 Å². The summed E-state index contributed by atoms with van der Waals surface area (Å²) in [6, 6.07) is 8.14. The zero-order valence-electron chi connectivity index (χ0n) is 13.3.